The van der Waals surface area contributed by atoms with Gasteiger partial charge in [0.2, 0.25) is 0 Å². The third kappa shape index (κ3) is 2.96. The van der Waals surface area contributed by atoms with E-state index in [2.05, 4.69) is 0 Å². The van der Waals surface area contributed by atoms with Gasteiger partial charge in [0.15, 0.2) is 0 Å². The van der Waals surface area contributed by atoms with Gasteiger partial charge in [-0.3, -0.25) is 0 Å². The first-order chi connectivity index (χ1) is 8.56. The summed E-state index contributed by atoms with van der Waals surface area (Å²) in [6.45, 7) is 4.53. The fourth-order valence-corrected chi connectivity index (χ4v) is 2.07. The number of rotatable bonds is 3. The Labute approximate surface area is 112 Å². The first kappa shape index (κ1) is 12.8. The van der Waals surface area contributed by atoms with Gasteiger partial charge in [-0.05, 0) is 54.8 Å². The van der Waals surface area contributed by atoms with E-state index in [4.69, 9.17) is 22.1 Å². The number of benzene rings is 2. The normalized spacial score (nSPS) is 10.4. The van der Waals surface area contributed by atoms with Crippen molar-refractivity contribution < 1.29 is 4.74 Å². The number of hydrogen-bond donors (Lipinski definition) is 1. The molecule has 0 saturated carbocycles. The van der Waals surface area contributed by atoms with Gasteiger partial charge in [-0.2, -0.15) is 0 Å². The van der Waals surface area contributed by atoms with Gasteiger partial charge in [0.05, 0.1) is 0 Å². The van der Waals surface area contributed by atoms with Crippen molar-refractivity contribution in [2.24, 2.45) is 0 Å². The fourth-order valence-electron chi connectivity index (χ4n) is 1.95. The van der Waals surface area contributed by atoms with Crippen molar-refractivity contribution in [1.29, 1.82) is 0 Å². The number of ether oxygens (including phenoxy) is 1. The summed E-state index contributed by atoms with van der Waals surface area (Å²) in [5.74, 6) is 0.902. The second-order valence-corrected chi connectivity index (χ2v) is 4.84. The van der Waals surface area contributed by atoms with Gasteiger partial charge in [-0.15, -0.1) is 0 Å². The van der Waals surface area contributed by atoms with Crippen molar-refractivity contribution in [3.05, 3.63) is 58.1 Å². The quantitative estimate of drug-likeness (QED) is 0.844. The number of anilines is 1. The maximum atomic E-state index is 5.85. The lowest BCUT2D eigenvalue weighted by Crippen LogP contribution is -2.00. The summed E-state index contributed by atoms with van der Waals surface area (Å²) in [5.41, 5.74) is 9.76. The molecule has 3 heteroatoms. The first-order valence-electron chi connectivity index (χ1n) is 5.80. The van der Waals surface area contributed by atoms with Gasteiger partial charge >= 0.3 is 0 Å². The molecule has 2 N–H and O–H groups in total. The number of hydrogen-bond acceptors (Lipinski definition) is 2. The van der Waals surface area contributed by atoms with E-state index >= 15 is 0 Å². The molecule has 0 unspecified atom stereocenters. The Morgan fingerprint density at radius 3 is 2.17 bits per heavy atom. The highest BCUT2D eigenvalue weighted by Gasteiger charge is 2.05. The number of nitrogens with two attached hydrogens (primary N) is 1. The third-order valence-corrected chi connectivity index (χ3v) is 3.03. The van der Waals surface area contributed by atoms with Crippen molar-refractivity contribution in [3.63, 3.8) is 0 Å². The van der Waals surface area contributed by atoms with Crippen LogP contribution >= 0.6 is 11.6 Å². The molecule has 0 aromatic heterocycles. The molecule has 0 radical (unpaired) electrons. The molecule has 18 heavy (non-hydrogen) atoms. The zero-order valence-electron chi connectivity index (χ0n) is 10.5. The highest BCUT2D eigenvalue weighted by atomic mass is 35.5. The van der Waals surface area contributed by atoms with Gasteiger partial charge in [0.25, 0.3) is 0 Å². The Kier molecular flexibility index (Phi) is 3.78. The predicted molar refractivity (Wildman–Crippen MR) is 76.1 cm³/mol. The topological polar surface area (TPSA) is 35.2 Å². The van der Waals surface area contributed by atoms with Crippen LogP contribution in [0.1, 0.15) is 16.7 Å². The molecule has 0 aliphatic carbocycles. The van der Waals surface area contributed by atoms with Gasteiger partial charge in [-0.1, -0.05) is 23.7 Å². The van der Waals surface area contributed by atoms with E-state index in [9.17, 15) is 0 Å². The number of halogens is 1. The maximum absolute atomic E-state index is 5.85. The molecule has 2 nitrogen and oxygen atoms in total. The summed E-state index contributed by atoms with van der Waals surface area (Å²) in [5, 5.41) is 0.735. The molecule has 2 aromatic rings. The van der Waals surface area contributed by atoms with Crippen LogP contribution in [0.25, 0.3) is 0 Å². The summed E-state index contributed by atoms with van der Waals surface area (Å²) in [6.07, 6.45) is 0. The van der Waals surface area contributed by atoms with Crippen LogP contribution in [0.5, 0.6) is 5.75 Å². The Morgan fingerprint density at radius 1 is 1.06 bits per heavy atom. The second-order valence-electron chi connectivity index (χ2n) is 4.40. The van der Waals surface area contributed by atoms with Gasteiger partial charge in [-0.25, -0.2) is 0 Å². The van der Waals surface area contributed by atoms with Crippen molar-refractivity contribution in [3.8, 4) is 5.75 Å². The van der Waals surface area contributed by atoms with E-state index in [0.717, 1.165) is 33.1 Å². The van der Waals surface area contributed by atoms with Gasteiger partial charge < -0.3 is 10.5 Å². The van der Waals surface area contributed by atoms with E-state index in [1.54, 1.807) is 0 Å². The minimum absolute atomic E-state index is 0.531. The van der Waals surface area contributed by atoms with Crippen LogP contribution in [0.15, 0.2) is 36.4 Å². The van der Waals surface area contributed by atoms with Crippen LogP contribution in [-0.4, -0.2) is 0 Å². The van der Waals surface area contributed by atoms with Gasteiger partial charge in [0, 0.05) is 10.7 Å². The second kappa shape index (κ2) is 5.32. The van der Waals surface area contributed by atoms with Crippen molar-refractivity contribution >= 4 is 17.3 Å². The Hall–Kier alpha value is -1.67. The molecule has 94 valence electrons. The third-order valence-electron chi connectivity index (χ3n) is 2.78. The predicted octanol–water partition coefficient (Wildman–Crippen LogP) is 4.12. The summed E-state index contributed by atoms with van der Waals surface area (Å²) in [6, 6.07) is 11.5. The summed E-state index contributed by atoms with van der Waals surface area (Å²) in [7, 11) is 0. The zero-order chi connectivity index (χ0) is 13.1. The zero-order valence-corrected chi connectivity index (χ0v) is 11.3. The maximum Gasteiger partial charge on any atom is 0.125 e. The van der Waals surface area contributed by atoms with Crippen LogP contribution in [0.3, 0.4) is 0 Å². The molecule has 0 spiro atoms. The fraction of sp³-hybridized carbons (Fsp3) is 0.200. The summed E-state index contributed by atoms with van der Waals surface area (Å²) >= 11 is 5.84. The largest absolute Gasteiger partial charge is 0.488 e. The molecule has 0 aliphatic heterocycles. The molecule has 0 aliphatic rings. The molecule has 0 amide bonds. The lowest BCUT2D eigenvalue weighted by atomic mass is 10.1. The van der Waals surface area contributed by atoms with E-state index in [-0.39, 0.29) is 0 Å². The average Bonchev–Trinajstić information content (AvgIpc) is 2.30. The van der Waals surface area contributed by atoms with Crippen molar-refractivity contribution in [1.82, 2.24) is 0 Å². The van der Waals surface area contributed by atoms with Crippen molar-refractivity contribution in [2.75, 3.05) is 5.73 Å². The lowest BCUT2D eigenvalue weighted by molar-refractivity contribution is 0.302. The molecule has 0 heterocycles. The first-order valence-corrected chi connectivity index (χ1v) is 6.18. The minimum Gasteiger partial charge on any atom is -0.488 e. The molecular weight excluding hydrogens is 246 g/mol. The average molecular weight is 262 g/mol. The van der Waals surface area contributed by atoms with Crippen LogP contribution < -0.4 is 10.5 Å². The monoisotopic (exact) mass is 261 g/mol. The molecule has 0 saturated heterocycles. The highest BCUT2D eigenvalue weighted by molar-refractivity contribution is 6.30. The van der Waals surface area contributed by atoms with E-state index < -0.39 is 0 Å². The van der Waals surface area contributed by atoms with Crippen molar-refractivity contribution in [2.45, 2.75) is 20.5 Å². The van der Waals surface area contributed by atoms with E-state index in [1.807, 2.05) is 50.2 Å². The summed E-state index contributed by atoms with van der Waals surface area (Å²) in [4.78, 5) is 0. The molecule has 0 bridgehead atoms. The van der Waals surface area contributed by atoms with Crippen LogP contribution in [0, 0.1) is 13.8 Å². The molecule has 2 rings (SSSR count). The van der Waals surface area contributed by atoms with Crippen LogP contribution in [0.2, 0.25) is 5.02 Å². The summed E-state index contributed by atoms with van der Waals surface area (Å²) < 4.78 is 5.85. The van der Waals surface area contributed by atoms with E-state index in [1.165, 1.54) is 0 Å². The molecule has 0 atom stereocenters. The SMILES string of the molecule is Cc1cc(N)cc(C)c1OCc1ccc(Cl)cc1. The highest BCUT2D eigenvalue weighted by Crippen LogP contribution is 2.26. The van der Waals surface area contributed by atoms with Gasteiger partial charge in [0.1, 0.15) is 12.4 Å². The molecule has 2 aromatic carbocycles. The van der Waals surface area contributed by atoms with Crippen LogP contribution in [-0.2, 0) is 6.61 Å². The Bertz CT molecular complexity index is 526. The van der Waals surface area contributed by atoms with E-state index in [0.29, 0.717) is 6.61 Å². The minimum atomic E-state index is 0.531. The molecule has 0 fully saturated rings. The van der Waals surface area contributed by atoms with Crippen LogP contribution in [0.4, 0.5) is 5.69 Å². The standard InChI is InChI=1S/C15H16ClNO/c1-10-7-14(17)8-11(2)15(10)18-9-12-3-5-13(16)6-4-12/h3-8H,9,17H2,1-2H3. The Morgan fingerprint density at radius 2 is 1.61 bits per heavy atom. The molecular formula is C15H16ClNO. The Balaban J connectivity index is 2.13. The lowest BCUT2D eigenvalue weighted by Gasteiger charge is -2.13. The smallest absolute Gasteiger partial charge is 0.125 e. The number of nitrogen functional groups attached to an aromatic ring is 1. The number of aryl methyl sites for hydroxylation is 2.